The van der Waals surface area contributed by atoms with Crippen molar-refractivity contribution in [2.75, 3.05) is 20.1 Å². The number of nitrogens with one attached hydrogen (secondary N) is 2. The molecule has 1 unspecified atom stereocenters. The van der Waals surface area contributed by atoms with Gasteiger partial charge in [0.1, 0.15) is 0 Å². The van der Waals surface area contributed by atoms with Gasteiger partial charge in [-0.2, -0.15) is 8.78 Å². The van der Waals surface area contributed by atoms with Gasteiger partial charge in [-0.3, -0.25) is 4.79 Å². The fraction of sp³-hybridized carbons (Fsp3) is 0.875. The van der Waals surface area contributed by atoms with Gasteiger partial charge in [-0.15, -0.1) is 0 Å². The van der Waals surface area contributed by atoms with Crippen LogP contribution in [0.15, 0.2) is 0 Å². The summed E-state index contributed by atoms with van der Waals surface area (Å²) in [7, 11) is 1.66. The number of carbonyl (C=O) groups is 1. The van der Waals surface area contributed by atoms with Gasteiger partial charge < -0.3 is 10.6 Å². The predicted octanol–water partition coefficient (Wildman–Crippen LogP) is 0.858. The molecular formula is C8H14F4N2O. The van der Waals surface area contributed by atoms with E-state index in [1.807, 2.05) is 0 Å². The largest absolute Gasteiger partial charge is 0.383 e. The topological polar surface area (TPSA) is 41.1 Å². The van der Waals surface area contributed by atoms with E-state index in [0.717, 1.165) is 0 Å². The fourth-order valence-corrected chi connectivity index (χ4v) is 0.905. The second kappa shape index (κ2) is 5.89. The predicted molar refractivity (Wildman–Crippen MR) is 47.1 cm³/mol. The molecule has 0 bridgehead atoms. The zero-order valence-electron chi connectivity index (χ0n) is 8.49. The lowest BCUT2D eigenvalue weighted by Gasteiger charge is -2.17. The average Bonchev–Trinajstić information content (AvgIpc) is 2.14. The minimum absolute atomic E-state index is 0.0675. The summed E-state index contributed by atoms with van der Waals surface area (Å²) in [5, 5.41) is 4.55. The van der Waals surface area contributed by atoms with Crippen LogP contribution in [0, 0.1) is 5.92 Å². The van der Waals surface area contributed by atoms with Crippen molar-refractivity contribution in [3.8, 4) is 0 Å². The van der Waals surface area contributed by atoms with Gasteiger partial charge in [0, 0.05) is 6.54 Å². The van der Waals surface area contributed by atoms with Crippen LogP contribution < -0.4 is 10.6 Å². The highest BCUT2D eigenvalue weighted by atomic mass is 19.3. The summed E-state index contributed by atoms with van der Waals surface area (Å²) in [5.41, 5.74) is 0. The quantitative estimate of drug-likeness (QED) is 0.664. The lowest BCUT2D eigenvalue weighted by Crippen LogP contribution is -2.46. The third kappa shape index (κ3) is 4.46. The van der Waals surface area contributed by atoms with Crippen molar-refractivity contribution in [1.82, 2.24) is 10.6 Å². The number of alkyl halides is 4. The molecule has 0 saturated heterocycles. The first-order valence-electron chi connectivity index (χ1n) is 4.41. The van der Waals surface area contributed by atoms with Crippen LogP contribution in [-0.2, 0) is 4.79 Å². The van der Waals surface area contributed by atoms with Crippen LogP contribution in [0.5, 0.6) is 0 Å². The van der Waals surface area contributed by atoms with E-state index in [1.165, 1.54) is 0 Å². The van der Waals surface area contributed by atoms with E-state index in [1.54, 1.807) is 19.3 Å². The second-order valence-electron chi connectivity index (χ2n) is 3.30. The molecule has 0 aliphatic carbocycles. The highest BCUT2D eigenvalue weighted by Gasteiger charge is 2.48. The van der Waals surface area contributed by atoms with E-state index in [-0.39, 0.29) is 12.5 Å². The zero-order valence-corrected chi connectivity index (χ0v) is 8.49. The molecule has 0 aliphatic heterocycles. The van der Waals surface area contributed by atoms with Crippen molar-refractivity contribution >= 4 is 5.91 Å². The van der Waals surface area contributed by atoms with Gasteiger partial charge in [-0.1, -0.05) is 6.92 Å². The third-order valence-electron chi connectivity index (χ3n) is 1.74. The molecule has 0 aromatic rings. The van der Waals surface area contributed by atoms with Crippen molar-refractivity contribution in [3.05, 3.63) is 0 Å². The Morgan fingerprint density at radius 3 is 2.27 bits per heavy atom. The van der Waals surface area contributed by atoms with Crippen molar-refractivity contribution < 1.29 is 22.4 Å². The number of halogens is 4. The molecule has 0 spiro atoms. The van der Waals surface area contributed by atoms with Gasteiger partial charge in [0.2, 0.25) is 0 Å². The Bertz CT molecular complexity index is 211. The van der Waals surface area contributed by atoms with E-state index in [0.29, 0.717) is 6.54 Å². The minimum atomic E-state index is -4.61. The summed E-state index contributed by atoms with van der Waals surface area (Å²) in [6.45, 7) is 2.12. The first-order chi connectivity index (χ1) is 6.82. The number of hydrogen-bond acceptors (Lipinski definition) is 2. The summed E-state index contributed by atoms with van der Waals surface area (Å²) in [4.78, 5) is 10.7. The molecule has 0 aromatic heterocycles. The molecule has 0 fully saturated rings. The van der Waals surface area contributed by atoms with Gasteiger partial charge in [0.05, 0.1) is 0 Å². The standard InChI is InChI=1S/C8H14F4N2O/c1-5(3-13-2)4-14-7(15)8(11,12)6(9)10/h5-6,13H,3-4H2,1-2H3,(H,14,15). The molecular weight excluding hydrogens is 216 g/mol. The van der Waals surface area contributed by atoms with Crippen LogP contribution >= 0.6 is 0 Å². The van der Waals surface area contributed by atoms with E-state index in [4.69, 9.17) is 0 Å². The van der Waals surface area contributed by atoms with Crippen LogP contribution in [0.4, 0.5) is 17.6 Å². The summed E-state index contributed by atoms with van der Waals surface area (Å²) in [6, 6.07) is 0. The highest BCUT2D eigenvalue weighted by molar-refractivity contribution is 5.83. The van der Waals surface area contributed by atoms with Crippen LogP contribution in [0.3, 0.4) is 0 Å². The molecule has 90 valence electrons. The second-order valence-corrected chi connectivity index (χ2v) is 3.30. The number of amides is 1. The van der Waals surface area contributed by atoms with Gasteiger partial charge in [0.15, 0.2) is 0 Å². The molecule has 0 radical (unpaired) electrons. The van der Waals surface area contributed by atoms with Crippen LogP contribution in [0.2, 0.25) is 0 Å². The Morgan fingerprint density at radius 1 is 1.33 bits per heavy atom. The highest BCUT2D eigenvalue weighted by Crippen LogP contribution is 2.22. The smallest absolute Gasteiger partial charge is 0.350 e. The third-order valence-corrected chi connectivity index (χ3v) is 1.74. The van der Waals surface area contributed by atoms with E-state index in [9.17, 15) is 22.4 Å². The molecule has 0 saturated carbocycles. The first kappa shape index (κ1) is 14.2. The Morgan fingerprint density at radius 2 is 1.87 bits per heavy atom. The number of rotatable bonds is 6. The van der Waals surface area contributed by atoms with Gasteiger partial charge >= 0.3 is 12.3 Å². The minimum Gasteiger partial charge on any atom is -0.350 e. The number of carbonyl (C=O) groups excluding carboxylic acids is 1. The summed E-state index contributed by atoms with van der Waals surface area (Å²) in [5.74, 6) is -6.65. The molecule has 0 heterocycles. The summed E-state index contributed by atoms with van der Waals surface area (Å²) < 4.78 is 48.2. The lowest BCUT2D eigenvalue weighted by atomic mass is 10.2. The molecule has 0 rings (SSSR count). The molecule has 15 heavy (non-hydrogen) atoms. The normalized spacial score (nSPS) is 14.1. The molecule has 7 heteroatoms. The molecule has 0 aliphatic rings. The Kier molecular flexibility index (Phi) is 5.56. The van der Waals surface area contributed by atoms with Crippen LogP contribution in [0.25, 0.3) is 0 Å². The van der Waals surface area contributed by atoms with Crippen LogP contribution in [-0.4, -0.2) is 38.4 Å². The van der Waals surface area contributed by atoms with Crippen LogP contribution in [0.1, 0.15) is 6.92 Å². The molecule has 1 amide bonds. The maximum atomic E-state index is 12.4. The van der Waals surface area contributed by atoms with Gasteiger partial charge in [-0.05, 0) is 19.5 Å². The Balaban J connectivity index is 4.04. The molecule has 2 N–H and O–H groups in total. The van der Waals surface area contributed by atoms with Crippen molar-refractivity contribution in [1.29, 1.82) is 0 Å². The van der Waals surface area contributed by atoms with E-state index in [2.05, 4.69) is 5.32 Å². The molecule has 1 atom stereocenters. The van der Waals surface area contributed by atoms with Gasteiger partial charge in [-0.25, -0.2) is 8.78 Å². The maximum absolute atomic E-state index is 12.4. The molecule has 0 aromatic carbocycles. The summed E-state index contributed by atoms with van der Waals surface area (Å²) in [6.07, 6.45) is -3.97. The first-order valence-corrected chi connectivity index (χ1v) is 4.41. The van der Waals surface area contributed by atoms with Crippen molar-refractivity contribution in [3.63, 3.8) is 0 Å². The van der Waals surface area contributed by atoms with Crippen molar-refractivity contribution in [2.45, 2.75) is 19.3 Å². The summed E-state index contributed by atoms with van der Waals surface area (Å²) >= 11 is 0. The number of hydrogen-bond donors (Lipinski definition) is 2. The van der Waals surface area contributed by atoms with E-state index >= 15 is 0 Å². The van der Waals surface area contributed by atoms with Crippen molar-refractivity contribution in [2.24, 2.45) is 5.92 Å². The SMILES string of the molecule is CNCC(C)CNC(=O)C(F)(F)C(F)F. The maximum Gasteiger partial charge on any atom is 0.383 e. The fourth-order valence-electron chi connectivity index (χ4n) is 0.905. The Labute approximate surface area is 85.2 Å². The monoisotopic (exact) mass is 230 g/mol. The average molecular weight is 230 g/mol. The van der Waals surface area contributed by atoms with Gasteiger partial charge in [0.25, 0.3) is 5.91 Å². The molecule has 3 nitrogen and oxygen atoms in total. The van der Waals surface area contributed by atoms with E-state index < -0.39 is 18.3 Å². The Hall–Kier alpha value is -0.850. The zero-order chi connectivity index (χ0) is 12.1. The lowest BCUT2D eigenvalue weighted by molar-refractivity contribution is -0.169.